The normalized spacial score (nSPS) is 44.5. The molecule has 0 amide bonds. The first-order valence-electron chi connectivity index (χ1n) is 11.8. The van der Waals surface area contributed by atoms with Gasteiger partial charge in [-0.3, -0.25) is 0 Å². The summed E-state index contributed by atoms with van der Waals surface area (Å²) in [6.07, 6.45) is 13.4. The molecule has 2 aliphatic carbocycles. The first-order valence-corrected chi connectivity index (χ1v) is 13.6. The maximum Gasteiger partial charge on any atom is -0.0152 e. The van der Waals surface area contributed by atoms with Crippen LogP contribution in [0.2, 0.25) is 0 Å². The number of hydrogen-bond acceptors (Lipinski definition) is 0. The second-order valence-electron chi connectivity index (χ2n) is 9.70. The Kier molecular flexibility index (Phi) is 8.28. The molecule has 3 aliphatic rings. The van der Waals surface area contributed by atoms with Gasteiger partial charge >= 0.3 is 0 Å². The van der Waals surface area contributed by atoms with E-state index in [0.29, 0.717) is 13.3 Å². The molecule has 3 fully saturated rings. The highest BCUT2D eigenvalue weighted by Crippen LogP contribution is 2.69. The molecule has 0 nitrogen and oxygen atoms in total. The van der Waals surface area contributed by atoms with E-state index in [-0.39, 0.29) is 0 Å². The summed E-state index contributed by atoms with van der Waals surface area (Å²) in [6.45, 7) is 20.8. The highest BCUT2D eigenvalue weighted by molar-refractivity contribution is 7.58. The van der Waals surface area contributed by atoms with E-state index < -0.39 is 0 Å². The van der Waals surface area contributed by atoms with Crippen LogP contribution in [0.15, 0.2) is 12.2 Å². The van der Waals surface area contributed by atoms with Crippen molar-refractivity contribution in [1.29, 1.82) is 0 Å². The lowest BCUT2D eigenvalue weighted by Crippen LogP contribution is -2.52. The summed E-state index contributed by atoms with van der Waals surface area (Å²) in [5, 5.41) is 0. The molecule has 0 spiro atoms. The third kappa shape index (κ3) is 3.97. The standard InChI is InChI=1S/C23H41P.C2H6/c1-7-9-21-18-12-13-23(6)20(16(3)4)11-10-17(5)22(23)19(18)15-24(21)14-8-2;1-2/h17-22H,3,7-15H2,1-2,4-6H3;1-2H3. The molecule has 0 N–H and O–H groups in total. The van der Waals surface area contributed by atoms with Gasteiger partial charge < -0.3 is 0 Å². The van der Waals surface area contributed by atoms with E-state index in [0.717, 1.165) is 35.2 Å². The number of rotatable bonds is 5. The molecule has 0 aromatic carbocycles. The molecule has 0 bridgehead atoms. The van der Waals surface area contributed by atoms with Gasteiger partial charge in [-0.1, -0.05) is 66.5 Å². The minimum atomic E-state index is 0.309. The molecule has 2 saturated carbocycles. The van der Waals surface area contributed by atoms with Crippen molar-refractivity contribution in [3.8, 4) is 0 Å². The molecule has 8 atom stereocenters. The molecular weight excluding hydrogens is 331 g/mol. The Morgan fingerprint density at radius 3 is 2.35 bits per heavy atom. The molecule has 152 valence electrons. The van der Waals surface area contributed by atoms with Gasteiger partial charge in [-0.2, -0.15) is 0 Å². The number of allylic oxidation sites excluding steroid dienone is 1. The predicted molar refractivity (Wildman–Crippen MR) is 122 cm³/mol. The van der Waals surface area contributed by atoms with Crippen LogP contribution in [-0.4, -0.2) is 18.0 Å². The zero-order valence-corrected chi connectivity index (χ0v) is 19.9. The van der Waals surface area contributed by atoms with E-state index in [2.05, 4.69) is 41.2 Å². The third-order valence-electron chi connectivity index (χ3n) is 8.21. The van der Waals surface area contributed by atoms with E-state index >= 15 is 0 Å². The van der Waals surface area contributed by atoms with Crippen LogP contribution in [0.3, 0.4) is 0 Å². The Morgan fingerprint density at radius 2 is 1.77 bits per heavy atom. The predicted octanol–water partition coefficient (Wildman–Crippen LogP) is 8.36. The molecule has 3 rings (SSSR count). The fourth-order valence-electron chi connectivity index (χ4n) is 7.48. The van der Waals surface area contributed by atoms with E-state index in [1.165, 1.54) is 50.5 Å². The third-order valence-corrected chi connectivity index (χ3v) is 11.7. The van der Waals surface area contributed by atoms with Gasteiger partial charge in [0.05, 0.1) is 0 Å². The van der Waals surface area contributed by atoms with Crippen molar-refractivity contribution in [3.05, 3.63) is 12.2 Å². The van der Waals surface area contributed by atoms with Gasteiger partial charge in [-0.15, -0.1) is 7.92 Å². The van der Waals surface area contributed by atoms with E-state index in [9.17, 15) is 0 Å². The van der Waals surface area contributed by atoms with Gasteiger partial charge in [0.25, 0.3) is 0 Å². The quantitative estimate of drug-likeness (QED) is 0.333. The SMILES string of the molecule is C=C(C)C1CCC(C)C2C3CP(CCC)C(CCC)C3CCC12C.CC. The van der Waals surface area contributed by atoms with Gasteiger partial charge in [-0.25, -0.2) is 0 Å². The average molecular weight is 379 g/mol. The largest absolute Gasteiger partial charge is 0.103 e. The van der Waals surface area contributed by atoms with Crippen molar-refractivity contribution in [2.24, 2.45) is 35.0 Å². The molecule has 0 radical (unpaired) electrons. The summed E-state index contributed by atoms with van der Waals surface area (Å²) in [5.74, 6) is 4.84. The summed E-state index contributed by atoms with van der Waals surface area (Å²) in [6, 6.07) is 0. The lowest BCUT2D eigenvalue weighted by molar-refractivity contribution is -0.0684. The second-order valence-corrected chi connectivity index (χ2v) is 12.4. The number of fused-ring (bicyclic) bond motifs is 3. The van der Waals surface area contributed by atoms with Crippen LogP contribution in [0, 0.1) is 35.0 Å². The minimum absolute atomic E-state index is 0.309. The van der Waals surface area contributed by atoms with E-state index in [1.54, 1.807) is 12.3 Å². The van der Waals surface area contributed by atoms with Crippen molar-refractivity contribution < 1.29 is 0 Å². The summed E-state index contributed by atoms with van der Waals surface area (Å²) < 4.78 is 0. The maximum atomic E-state index is 4.42. The van der Waals surface area contributed by atoms with Gasteiger partial charge in [0.1, 0.15) is 0 Å². The van der Waals surface area contributed by atoms with E-state index in [1.807, 2.05) is 13.8 Å². The van der Waals surface area contributed by atoms with Gasteiger partial charge in [0.15, 0.2) is 0 Å². The molecule has 1 saturated heterocycles. The van der Waals surface area contributed by atoms with Crippen LogP contribution in [-0.2, 0) is 0 Å². The summed E-state index contributed by atoms with van der Waals surface area (Å²) in [7, 11) is 0.309. The summed E-state index contributed by atoms with van der Waals surface area (Å²) >= 11 is 0. The highest BCUT2D eigenvalue weighted by Gasteiger charge is 2.58. The molecule has 0 aromatic rings. The van der Waals surface area contributed by atoms with Gasteiger partial charge in [-0.05, 0) is 92.0 Å². The molecule has 1 heteroatoms. The first kappa shape index (κ1) is 22.5. The smallest absolute Gasteiger partial charge is 0.0152 e. The number of hydrogen-bond donors (Lipinski definition) is 0. The zero-order chi connectivity index (χ0) is 19.5. The Labute approximate surface area is 166 Å². The van der Waals surface area contributed by atoms with Crippen LogP contribution in [0.5, 0.6) is 0 Å². The average Bonchev–Trinajstić information content (AvgIpc) is 2.94. The van der Waals surface area contributed by atoms with Gasteiger partial charge in [0.2, 0.25) is 0 Å². The van der Waals surface area contributed by atoms with Crippen molar-refractivity contribution >= 4 is 7.92 Å². The van der Waals surface area contributed by atoms with Crippen molar-refractivity contribution in [2.75, 3.05) is 12.3 Å². The van der Waals surface area contributed by atoms with Crippen LogP contribution < -0.4 is 0 Å². The Morgan fingerprint density at radius 1 is 1.08 bits per heavy atom. The van der Waals surface area contributed by atoms with Crippen LogP contribution in [0.1, 0.15) is 93.4 Å². The molecule has 26 heavy (non-hydrogen) atoms. The fraction of sp³-hybridized carbons (Fsp3) is 0.920. The molecule has 8 unspecified atom stereocenters. The Hall–Kier alpha value is 0.170. The van der Waals surface area contributed by atoms with Crippen molar-refractivity contribution in [1.82, 2.24) is 0 Å². The minimum Gasteiger partial charge on any atom is -0.103 e. The maximum absolute atomic E-state index is 4.42. The van der Waals surface area contributed by atoms with Crippen LogP contribution in [0.25, 0.3) is 0 Å². The lowest BCUT2D eigenvalue weighted by Gasteiger charge is -2.58. The van der Waals surface area contributed by atoms with Crippen LogP contribution >= 0.6 is 7.92 Å². The summed E-state index contributed by atoms with van der Waals surface area (Å²) in [4.78, 5) is 0. The fourth-order valence-corrected chi connectivity index (χ4v) is 11.4. The van der Waals surface area contributed by atoms with Crippen LogP contribution in [0.4, 0.5) is 0 Å². The van der Waals surface area contributed by atoms with E-state index in [4.69, 9.17) is 0 Å². The van der Waals surface area contributed by atoms with Crippen molar-refractivity contribution in [2.45, 2.75) is 99.1 Å². The second kappa shape index (κ2) is 9.58. The highest BCUT2D eigenvalue weighted by atomic mass is 31.1. The molecule has 0 aromatic heterocycles. The lowest BCUT2D eigenvalue weighted by atomic mass is 9.47. The Balaban J connectivity index is 0.00000117. The Bertz CT molecular complexity index is 455. The van der Waals surface area contributed by atoms with Gasteiger partial charge in [0, 0.05) is 0 Å². The summed E-state index contributed by atoms with van der Waals surface area (Å²) in [5.41, 5.74) is 3.14. The van der Waals surface area contributed by atoms with Crippen molar-refractivity contribution in [3.63, 3.8) is 0 Å². The molecular formula is C25H47P. The zero-order valence-electron chi connectivity index (χ0n) is 19.0. The molecule has 1 heterocycles. The topological polar surface area (TPSA) is 0 Å². The monoisotopic (exact) mass is 378 g/mol. The first-order chi connectivity index (χ1) is 12.4. The molecule has 1 aliphatic heterocycles.